The zero-order valence-electron chi connectivity index (χ0n) is 23.0. The van der Waals surface area contributed by atoms with Crippen LogP contribution in [-0.4, -0.2) is 55.9 Å². The van der Waals surface area contributed by atoms with E-state index in [1.165, 1.54) is 14.2 Å². The molecule has 0 fully saturated rings. The SMILES string of the molecule is COC(=O)NN.COC(=O)NN.O=[N+]([O-])c1cc([N+](=O)[O-])c([O-])c([N+](=O)[O-])c1.O=[N+]([O-])c1cc([N+](=O)[O-])c([O-])c([N+](=O)[O-])c1.[Fe+4].[OH3+].[OH3+]. The number of hydrogen-bond acceptors (Lipinski definition) is 20. The average molecular weight is 730 g/mol. The van der Waals surface area contributed by atoms with Gasteiger partial charge in [0, 0.05) is 0 Å². The number of non-ortho nitro benzene ring substituents is 2. The van der Waals surface area contributed by atoms with Gasteiger partial charge in [-0.05, 0) is 0 Å². The van der Waals surface area contributed by atoms with Crippen LogP contribution in [-0.2, 0) is 37.5 Å². The van der Waals surface area contributed by atoms with Gasteiger partial charge in [0.05, 0.1) is 79.5 Å². The Morgan fingerprint density at radius 3 is 0.830 bits per heavy atom. The number of nitro benzene ring substituents is 6. The summed E-state index contributed by atoms with van der Waals surface area (Å²) in [5, 5.41) is 84.2. The van der Waals surface area contributed by atoms with Crippen LogP contribution in [0.2, 0.25) is 0 Å². The first-order valence-electron chi connectivity index (χ1n) is 9.96. The van der Waals surface area contributed by atoms with Gasteiger partial charge in [-0.3, -0.25) is 71.5 Å². The third-order valence-electron chi connectivity index (χ3n) is 3.88. The number of rotatable bonds is 6. The van der Waals surface area contributed by atoms with Crippen LogP contribution in [0.25, 0.3) is 0 Å². The molecule has 0 aromatic heterocycles. The zero-order chi connectivity index (χ0) is 34.9. The predicted octanol–water partition coefficient (Wildman–Crippen LogP) is -2.44. The van der Waals surface area contributed by atoms with Crippen molar-refractivity contribution in [2.24, 2.45) is 11.7 Å². The molecule has 31 heteroatoms. The molecule has 47 heavy (non-hydrogen) atoms. The Balaban J connectivity index is -0.000000179. The second-order valence-corrected chi connectivity index (χ2v) is 6.44. The molecule has 30 nitrogen and oxygen atoms in total. The molecule has 2 rings (SSSR count). The first-order chi connectivity index (χ1) is 20.3. The fraction of sp³-hybridized carbons (Fsp3) is 0.125. The minimum Gasteiger partial charge on any atom is -0.863 e. The maximum absolute atomic E-state index is 11.1. The van der Waals surface area contributed by atoms with Crippen LogP contribution < -0.4 is 32.7 Å². The number of hydrazine groups is 2. The Kier molecular flexibility index (Phi) is 25.3. The number of nitro groups is 6. The van der Waals surface area contributed by atoms with Crippen LogP contribution in [0.4, 0.5) is 43.7 Å². The van der Waals surface area contributed by atoms with E-state index < -0.39 is 87.3 Å². The van der Waals surface area contributed by atoms with Gasteiger partial charge in [0.2, 0.25) is 0 Å². The normalized spacial score (nSPS) is 8.43. The Hall–Kier alpha value is -6.66. The Morgan fingerprint density at radius 2 is 0.745 bits per heavy atom. The number of amides is 2. The number of ether oxygens (including phenoxy) is 2. The Morgan fingerprint density at radius 1 is 0.553 bits per heavy atom. The quantitative estimate of drug-likeness (QED) is 0.0598. The molecule has 2 aromatic rings. The molecule has 0 aliphatic heterocycles. The zero-order valence-corrected chi connectivity index (χ0v) is 24.1. The molecule has 260 valence electrons. The monoisotopic (exact) mass is 730 g/mol. The summed E-state index contributed by atoms with van der Waals surface area (Å²) in [7, 11) is 2.48. The number of nitrogens with zero attached hydrogens (tertiary/aromatic N) is 6. The molecule has 0 saturated heterocycles. The van der Waals surface area contributed by atoms with E-state index in [0.29, 0.717) is 24.3 Å². The van der Waals surface area contributed by atoms with Gasteiger partial charge in [-0.1, -0.05) is 0 Å². The summed E-state index contributed by atoms with van der Waals surface area (Å²) in [6.07, 6.45) is -1.26. The first kappa shape index (κ1) is 50.0. The maximum Gasteiger partial charge on any atom is 4.00 e. The van der Waals surface area contributed by atoms with Gasteiger partial charge in [0.15, 0.2) is 0 Å². The molecule has 2 aromatic carbocycles. The van der Waals surface area contributed by atoms with Crippen LogP contribution in [0, 0.1) is 60.7 Å². The molecule has 0 radical (unpaired) electrons. The van der Waals surface area contributed by atoms with Crippen molar-refractivity contribution in [3.63, 3.8) is 0 Å². The topological polar surface area (TPSA) is 500 Å². The van der Waals surface area contributed by atoms with Crippen molar-refractivity contribution in [3.8, 4) is 11.5 Å². The largest absolute Gasteiger partial charge is 4.00 e. The summed E-state index contributed by atoms with van der Waals surface area (Å²) in [5.41, 5.74) is -3.02. The summed E-state index contributed by atoms with van der Waals surface area (Å²) in [6.45, 7) is 0. The molecule has 2 amide bonds. The van der Waals surface area contributed by atoms with Crippen molar-refractivity contribution < 1.29 is 86.8 Å². The van der Waals surface area contributed by atoms with Crippen LogP contribution in [0.5, 0.6) is 11.5 Å². The van der Waals surface area contributed by atoms with Crippen molar-refractivity contribution in [1.82, 2.24) is 10.9 Å². The van der Waals surface area contributed by atoms with Gasteiger partial charge < -0.3 is 30.6 Å². The number of nitrogens with two attached hydrogens (primary N) is 2. The molecule has 0 heterocycles. The van der Waals surface area contributed by atoms with Crippen molar-refractivity contribution in [2.75, 3.05) is 14.2 Å². The number of nitrogens with one attached hydrogen (secondary N) is 2. The molecule has 0 aliphatic rings. The average Bonchev–Trinajstić information content (AvgIpc) is 2.96. The molecular formula is C16H22FeN10O20+4. The van der Waals surface area contributed by atoms with Crippen molar-refractivity contribution in [3.05, 3.63) is 85.0 Å². The third-order valence-corrected chi connectivity index (χ3v) is 3.88. The van der Waals surface area contributed by atoms with Gasteiger partial charge >= 0.3 is 29.3 Å². The third kappa shape index (κ3) is 16.7. The van der Waals surface area contributed by atoms with Crippen molar-refractivity contribution >= 4 is 46.3 Å². The summed E-state index contributed by atoms with van der Waals surface area (Å²) in [4.78, 5) is 74.5. The number of hydrogen-bond donors (Lipinski definition) is 4. The predicted molar refractivity (Wildman–Crippen MR) is 141 cm³/mol. The fourth-order valence-electron chi connectivity index (χ4n) is 2.04. The summed E-state index contributed by atoms with van der Waals surface area (Å²) >= 11 is 0. The standard InChI is InChI=1S/2C6H3N3O7.2C2H6N2O2.Fe.2H2O/c2*10-6-4(8(13)14)1-3(7(11)12)2-5(6)9(15)16;2*1-6-2(5)4-3;;;/h2*1-2,10H;2*3H2,1H3,(H,4,5);;2*1H2/q;;;;+4;;. The molecular weight excluding hydrogens is 708 g/mol. The van der Waals surface area contributed by atoms with Crippen molar-refractivity contribution in [2.45, 2.75) is 0 Å². The number of benzene rings is 2. The van der Waals surface area contributed by atoms with Crippen LogP contribution in [0.3, 0.4) is 0 Å². The van der Waals surface area contributed by atoms with E-state index in [1.807, 2.05) is 0 Å². The summed E-state index contributed by atoms with van der Waals surface area (Å²) < 4.78 is 8.05. The minimum atomic E-state index is -1.46. The van der Waals surface area contributed by atoms with Crippen molar-refractivity contribution in [1.29, 1.82) is 0 Å². The van der Waals surface area contributed by atoms with E-state index in [-0.39, 0.29) is 28.0 Å². The number of methoxy groups -OCH3 is 2. The Bertz CT molecular complexity index is 1270. The van der Waals surface area contributed by atoms with Crippen LogP contribution in [0.1, 0.15) is 0 Å². The number of carbonyl (C=O) groups excluding carboxylic acids is 2. The first-order valence-corrected chi connectivity index (χ1v) is 9.96. The molecule has 0 spiro atoms. The summed E-state index contributed by atoms with van der Waals surface area (Å²) in [5.74, 6) is 6.20. The molecule has 0 aliphatic carbocycles. The van der Waals surface area contributed by atoms with Gasteiger partial charge in [-0.25, -0.2) is 21.3 Å². The van der Waals surface area contributed by atoms with Crippen LogP contribution >= 0.6 is 0 Å². The molecule has 0 atom stereocenters. The van der Waals surface area contributed by atoms with E-state index in [0.717, 1.165) is 0 Å². The van der Waals surface area contributed by atoms with E-state index in [1.54, 1.807) is 10.9 Å². The molecule has 0 unspecified atom stereocenters. The van der Waals surface area contributed by atoms with Gasteiger partial charge in [-0.2, -0.15) is 0 Å². The second-order valence-electron chi connectivity index (χ2n) is 6.44. The van der Waals surface area contributed by atoms with E-state index in [4.69, 9.17) is 0 Å². The van der Waals surface area contributed by atoms with E-state index in [9.17, 15) is 80.5 Å². The van der Waals surface area contributed by atoms with Gasteiger partial charge in [0.25, 0.3) is 34.1 Å². The minimum absolute atomic E-state index is 0. The molecule has 0 bridgehead atoms. The van der Waals surface area contributed by atoms with Gasteiger partial charge in [-0.15, -0.1) is 0 Å². The van der Waals surface area contributed by atoms with E-state index in [2.05, 4.69) is 21.2 Å². The van der Waals surface area contributed by atoms with E-state index >= 15 is 0 Å². The maximum atomic E-state index is 11.1. The number of carbonyl (C=O) groups is 2. The molecule has 0 saturated carbocycles. The second kappa shape index (κ2) is 23.8. The fourth-order valence-corrected chi connectivity index (χ4v) is 2.04. The van der Waals surface area contributed by atoms with Crippen LogP contribution in [0.15, 0.2) is 24.3 Å². The smallest absolute Gasteiger partial charge is 0.863 e. The molecule has 12 N–H and O–H groups in total. The van der Waals surface area contributed by atoms with Gasteiger partial charge in [0.1, 0.15) is 0 Å². The Labute approximate surface area is 266 Å². The summed E-state index contributed by atoms with van der Waals surface area (Å²) in [6, 6.07) is 1.54.